The zero-order valence-electron chi connectivity index (χ0n) is 16.8. The summed E-state index contributed by atoms with van der Waals surface area (Å²) in [6, 6.07) is 20.2. The van der Waals surface area contributed by atoms with Crippen LogP contribution in [0.3, 0.4) is 0 Å². The van der Waals surface area contributed by atoms with E-state index in [-0.39, 0.29) is 18.4 Å². The van der Waals surface area contributed by atoms with Gasteiger partial charge in [-0.05, 0) is 68.8 Å². The van der Waals surface area contributed by atoms with Crippen LogP contribution in [0, 0.1) is 20.8 Å². The molecule has 0 spiro atoms. The van der Waals surface area contributed by atoms with Gasteiger partial charge in [0.25, 0.3) is 11.8 Å². The summed E-state index contributed by atoms with van der Waals surface area (Å²) in [7, 11) is 0. The number of amides is 2. The summed E-state index contributed by atoms with van der Waals surface area (Å²) < 4.78 is 5.59. The van der Waals surface area contributed by atoms with Gasteiger partial charge in [0, 0.05) is 16.9 Å². The Bertz CT molecular complexity index is 1030. The number of carbonyl (C=O) groups excluding carboxylic acids is 2. The molecule has 3 aromatic carbocycles. The van der Waals surface area contributed by atoms with Crippen LogP contribution in [0.15, 0.2) is 66.7 Å². The highest BCUT2D eigenvalue weighted by Gasteiger charge is 2.08. The van der Waals surface area contributed by atoms with Gasteiger partial charge >= 0.3 is 0 Å². The monoisotopic (exact) mass is 388 g/mol. The van der Waals surface area contributed by atoms with Crippen molar-refractivity contribution in [1.82, 2.24) is 0 Å². The number of anilines is 2. The molecule has 0 unspecified atom stereocenters. The van der Waals surface area contributed by atoms with E-state index in [0.29, 0.717) is 22.7 Å². The summed E-state index contributed by atoms with van der Waals surface area (Å²) in [6.07, 6.45) is 0. The van der Waals surface area contributed by atoms with Crippen molar-refractivity contribution in [1.29, 1.82) is 0 Å². The Kier molecular flexibility index (Phi) is 6.29. The van der Waals surface area contributed by atoms with Crippen LogP contribution in [-0.4, -0.2) is 18.4 Å². The van der Waals surface area contributed by atoms with E-state index in [9.17, 15) is 9.59 Å². The summed E-state index contributed by atoms with van der Waals surface area (Å²) in [5.41, 5.74) is 5.05. The lowest BCUT2D eigenvalue weighted by atomic mass is 10.1. The van der Waals surface area contributed by atoms with Crippen molar-refractivity contribution >= 4 is 23.2 Å². The SMILES string of the molecule is Cc1cccc(C(=O)Nc2ccc(NC(=O)COc3ccc(C)cc3C)cc2)c1. The highest BCUT2D eigenvalue weighted by molar-refractivity contribution is 6.04. The van der Waals surface area contributed by atoms with Gasteiger partial charge in [0.2, 0.25) is 0 Å². The molecule has 0 atom stereocenters. The van der Waals surface area contributed by atoms with Crippen molar-refractivity contribution in [3.8, 4) is 5.75 Å². The summed E-state index contributed by atoms with van der Waals surface area (Å²) in [4.78, 5) is 24.4. The third kappa shape index (κ3) is 5.69. The second kappa shape index (κ2) is 9.06. The molecule has 0 radical (unpaired) electrons. The predicted molar refractivity (Wildman–Crippen MR) is 116 cm³/mol. The Hall–Kier alpha value is -3.60. The van der Waals surface area contributed by atoms with E-state index >= 15 is 0 Å². The third-order valence-corrected chi connectivity index (χ3v) is 4.40. The average molecular weight is 388 g/mol. The van der Waals surface area contributed by atoms with Crippen LogP contribution in [0.5, 0.6) is 5.75 Å². The lowest BCUT2D eigenvalue weighted by Crippen LogP contribution is -2.20. The van der Waals surface area contributed by atoms with Crippen LogP contribution < -0.4 is 15.4 Å². The number of ether oxygens (including phenoxy) is 1. The fourth-order valence-corrected chi connectivity index (χ4v) is 2.93. The second-order valence-electron chi connectivity index (χ2n) is 7.01. The molecule has 0 aromatic heterocycles. The fourth-order valence-electron chi connectivity index (χ4n) is 2.93. The number of hydrogen-bond acceptors (Lipinski definition) is 3. The van der Waals surface area contributed by atoms with Gasteiger partial charge in [-0.1, -0.05) is 35.4 Å². The summed E-state index contributed by atoms with van der Waals surface area (Å²) in [6.45, 7) is 5.83. The molecule has 0 fully saturated rings. The molecule has 0 bridgehead atoms. The molecule has 0 saturated heterocycles. The molecule has 2 amide bonds. The van der Waals surface area contributed by atoms with Crippen LogP contribution >= 0.6 is 0 Å². The van der Waals surface area contributed by atoms with Gasteiger partial charge in [0.05, 0.1) is 0 Å². The van der Waals surface area contributed by atoms with E-state index in [4.69, 9.17) is 4.74 Å². The molecule has 0 aliphatic heterocycles. The highest BCUT2D eigenvalue weighted by atomic mass is 16.5. The van der Waals surface area contributed by atoms with Crippen molar-refractivity contribution in [2.45, 2.75) is 20.8 Å². The normalized spacial score (nSPS) is 10.3. The smallest absolute Gasteiger partial charge is 0.262 e. The topological polar surface area (TPSA) is 67.4 Å². The van der Waals surface area contributed by atoms with Crippen LogP contribution in [0.25, 0.3) is 0 Å². The zero-order valence-corrected chi connectivity index (χ0v) is 16.8. The maximum atomic E-state index is 12.3. The maximum absolute atomic E-state index is 12.3. The van der Waals surface area contributed by atoms with E-state index in [0.717, 1.165) is 16.7 Å². The lowest BCUT2D eigenvalue weighted by Gasteiger charge is -2.11. The molecule has 148 valence electrons. The van der Waals surface area contributed by atoms with Crippen molar-refractivity contribution in [3.63, 3.8) is 0 Å². The number of rotatable bonds is 6. The van der Waals surface area contributed by atoms with E-state index in [1.807, 2.05) is 57.2 Å². The Balaban J connectivity index is 1.53. The average Bonchev–Trinajstić information content (AvgIpc) is 2.69. The molecule has 3 rings (SSSR count). The fraction of sp³-hybridized carbons (Fsp3) is 0.167. The molecule has 3 aromatic rings. The van der Waals surface area contributed by atoms with Gasteiger partial charge in [-0.15, -0.1) is 0 Å². The molecule has 0 saturated carbocycles. The second-order valence-corrected chi connectivity index (χ2v) is 7.01. The third-order valence-electron chi connectivity index (χ3n) is 4.40. The molecular formula is C24H24N2O3. The minimum atomic E-state index is -0.249. The summed E-state index contributed by atoms with van der Waals surface area (Å²) >= 11 is 0. The van der Waals surface area contributed by atoms with Crippen molar-refractivity contribution in [3.05, 3.63) is 89.0 Å². The first-order chi connectivity index (χ1) is 13.9. The molecule has 0 aliphatic rings. The summed E-state index contributed by atoms with van der Waals surface area (Å²) in [5, 5.41) is 5.63. The van der Waals surface area contributed by atoms with Crippen LogP contribution in [0.2, 0.25) is 0 Å². The number of benzene rings is 3. The Morgan fingerprint density at radius 1 is 0.793 bits per heavy atom. The predicted octanol–water partition coefficient (Wildman–Crippen LogP) is 4.88. The van der Waals surface area contributed by atoms with Crippen molar-refractivity contribution in [2.24, 2.45) is 0 Å². The minimum Gasteiger partial charge on any atom is -0.483 e. The first-order valence-corrected chi connectivity index (χ1v) is 9.39. The van der Waals surface area contributed by atoms with Gasteiger partial charge in [0.15, 0.2) is 6.61 Å². The summed E-state index contributed by atoms with van der Waals surface area (Å²) in [5.74, 6) is 0.272. The first kappa shape index (κ1) is 20.1. The largest absolute Gasteiger partial charge is 0.483 e. The number of aryl methyl sites for hydroxylation is 3. The molecule has 0 aliphatic carbocycles. The highest BCUT2D eigenvalue weighted by Crippen LogP contribution is 2.19. The van der Waals surface area contributed by atoms with Gasteiger partial charge in [-0.2, -0.15) is 0 Å². The van der Waals surface area contributed by atoms with Gasteiger partial charge in [0.1, 0.15) is 5.75 Å². The molecule has 2 N–H and O–H groups in total. The Morgan fingerprint density at radius 2 is 1.45 bits per heavy atom. The van der Waals surface area contributed by atoms with Gasteiger partial charge in [-0.3, -0.25) is 9.59 Å². The molecule has 29 heavy (non-hydrogen) atoms. The van der Waals surface area contributed by atoms with Crippen LogP contribution in [0.1, 0.15) is 27.0 Å². The van der Waals surface area contributed by atoms with E-state index in [1.165, 1.54) is 0 Å². The lowest BCUT2D eigenvalue weighted by molar-refractivity contribution is -0.118. The van der Waals surface area contributed by atoms with Crippen LogP contribution in [0.4, 0.5) is 11.4 Å². The van der Waals surface area contributed by atoms with Gasteiger partial charge < -0.3 is 15.4 Å². The molecular weight excluding hydrogens is 364 g/mol. The Morgan fingerprint density at radius 3 is 2.10 bits per heavy atom. The number of hydrogen-bond donors (Lipinski definition) is 2. The van der Waals surface area contributed by atoms with Crippen molar-refractivity contribution < 1.29 is 14.3 Å². The first-order valence-electron chi connectivity index (χ1n) is 9.39. The maximum Gasteiger partial charge on any atom is 0.262 e. The number of nitrogens with one attached hydrogen (secondary N) is 2. The Labute approximate surface area is 170 Å². The standard InChI is InChI=1S/C24H24N2O3/c1-16-5-4-6-19(14-16)24(28)26-21-10-8-20(9-11-21)25-23(27)15-29-22-12-7-17(2)13-18(22)3/h4-14H,15H2,1-3H3,(H,25,27)(H,26,28). The molecule has 0 heterocycles. The van der Waals surface area contributed by atoms with E-state index in [1.54, 1.807) is 30.3 Å². The molecule has 5 nitrogen and oxygen atoms in total. The van der Waals surface area contributed by atoms with Crippen molar-refractivity contribution in [2.75, 3.05) is 17.2 Å². The zero-order chi connectivity index (χ0) is 20.8. The quantitative estimate of drug-likeness (QED) is 0.632. The van der Waals surface area contributed by atoms with E-state index in [2.05, 4.69) is 10.6 Å². The minimum absolute atomic E-state index is 0.0737. The number of carbonyl (C=O) groups is 2. The molecule has 5 heteroatoms. The van der Waals surface area contributed by atoms with Crippen LogP contribution in [-0.2, 0) is 4.79 Å². The van der Waals surface area contributed by atoms with Gasteiger partial charge in [-0.25, -0.2) is 0 Å². The van der Waals surface area contributed by atoms with E-state index < -0.39 is 0 Å².